The molecule has 1 atom stereocenters. The van der Waals surface area contributed by atoms with Crippen molar-refractivity contribution in [2.45, 2.75) is 18.9 Å². The summed E-state index contributed by atoms with van der Waals surface area (Å²) in [6, 6.07) is 4.45. The Kier molecular flexibility index (Phi) is 4.18. The molecule has 7 heteroatoms. The molecule has 21 heavy (non-hydrogen) atoms. The molecule has 2 aromatic rings. The fourth-order valence-electron chi connectivity index (χ4n) is 2.39. The fraction of sp³-hybridized carbons (Fsp3) is 0.214. The van der Waals surface area contributed by atoms with Gasteiger partial charge in [-0.05, 0) is 67.6 Å². The van der Waals surface area contributed by atoms with Gasteiger partial charge in [0.25, 0.3) is 0 Å². The average Bonchev–Trinajstić information content (AvgIpc) is 2.76. The highest BCUT2D eigenvalue weighted by atomic mass is 79.9. The number of hydrogen-bond acceptors (Lipinski definition) is 3. The molecule has 0 saturated heterocycles. The normalized spacial score (nSPS) is 15.5. The number of carbonyl (C=O) groups excluding carboxylic acids is 1. The molecule has 0 radical (unpaired) electrons. The number of thiophene rings is 1. The molecule has 0 spiro atoms. The fourth-order valence-corrected chi connectivity index (χ4v) is 5.32. The molecule has 3 N–H and O–H groups in total. The Morgan fingerprint density at radius 1 is 1.24 bits per heavy atom. The summed E-state index contributed by atoms with van der Waals surface area (Å²) >= 11 is 8.35. The van der Waals surface area contributed by atoms with E-state index in [0.29, 0.717) is 24.1 Å². The van der Waals surface area contributed by atoms with Crippen LogP contribution < -0.4 is 11.1 Å². The predicted molar refractivity (Wildman–Crippen MR) is 89.1 cm³/mol. The minimum absolute atomic E-state index is 0.0801. The second-order valence-electron chi connectivity index (χ2n) is 4.84. The van der Waals surface area contributed by atoms with Gasteiger partial charge in [-0.2, -0.15) is 0 Å². The molecular weight excluding hydrogens is 423 g/mol. The van der Waals surface area contributed by atoms with E-state index in [1.54, 1.807) is 6.07 Å². The van der Waals surface area contributed by atoms with Gasteiger partial charge >= 0.3 is 0 Å². The Morgan fingerprint density at radius 2 is 2.00 bits per heavy atom. The van der Waals surface area contributed by atoms with Crippen LogP contribution in [0.4, 0.5) is 10.1 Å². The van der Waals surface area contributed by atoms with E-state index in [1.807, 2.05) is 6.07 Å². The number of nitrogens with one attached hydrogen (secondary N) is 1. The van der Waals surface area contributed by atoms with Crippen molar-refractivity contribution in [3.05, 3.63) is 48.3 Å². The summed E-state index contributed by atoms with van der Waals surface area (Å²) in [5.74, 6) is -0.485. The van der Waals surface area contributed by atoms with Crippen LogP contribution in [0.5, 0.6) is 0 Å². The molecule has 1 aliphatic rings. The first-order chi connectivity index (χ1) is 9.95. The zero-order valence-corrected chi connectivity index (χ0v) is 14.7. The van der Waals surface area contributed by atoms with Crippen LogP contribution in [0.2, 0.25) is 0 Å². The molecule has 1 amide bonds. The number of fused-ring (bicyclic) bond motifs is 1. The lowest BCUT2D eigenvalue weighted by Crippen LogP contribution is -2.21. The van der Waals surface area contributed by atoms with Crippen molar-refractivity contribution in [2.24, 2.45) is 5.73 Å². The molecular formula is C14H11Br2FN2OS. The van der Waals surface area contributed by atoms with Gasteiger partial charge in [0.1, 0.15) is 5.82 Å². The van der Waals surface area contributed by atoms with Crippen LogP contribution in [-0.4, -0.2) is 5.91 Å². The smallest absolute Gasteiger partial charge is 0.224 e. The van der Waals surface area contributed by atoms with E-state index in [4.69, 9.17) is 5.73 Å². The van der Waals surface area contributed by atoms with Gasteiger partial charge in [0.05, 0.1) is 13.6 Å². The molecule has 1 unspecified atom stereocenters. The molecule has 1 aliphatic heterocycles. The van der Waals surface area contributed by atoms with Crippen molar-refractivity contribution >= 4 is 54.8 Å². The average molecular weight is 434 g/mol. The zero-order valence-electron chi connectivity index (χ0n) is 10.8. The molecule has 3 rings (SSSR count). The van der Waals surface area contributed by atoms with Gasteiger partial charge in [0, 0.05) is 17.7 Å². The standard InChI is InChI=1S/C14H11Br2FN2OS/c15-11-4-8(14(16)21-11)13(18)7-3-6-1-2-12(20)19-10(6)5-9(7)17/h3-5,13H,1-2,18H2,(H,19,20). The minimum atomic E-state index is -0.551. The molecule has 2 heterocycles. The van der Waals surface area contributed by atoms with Gasteiger partial charge in [-0.3, -0.25) is 4.79 Å². The van der Waals surface area contributed by atoms with E-state index >= 15 is 0 Å². The Labute approximate surface area is 142 Å². The monoisotopic (exact) mass is 432 g/mol. The van der Waals surface area contributed by atoms with Crippen LogP contribution >= 0.6 is 43.2 Å². The highest BCUT2D eigenvalue weighted by Crippen LogP contribution is 2.38. The second-order valence-corrected chi connectivity index (χ2v) is 8.59. The Morgan fingerprint density at radius 3 is 2.67 bits per heavy atom. The van der Waals surface area contributed by atoms with Crippen LogP contribution in [0.15, 0.2) is 25.8 Å². The first-order valence-electron chi connectivity index (χ1n) is 6.28. The molecule has 0 bridgehead atoms. The number of nitrogens with two attached hydrogens (primary N) is 1. The second kappa shape index (κ2) is 5.79. The summed E-state index contributed by atoms with van der Waals surface area (Å²) in [4.78, 5) is 11.4. The topological polar surface area (TPSA) is 55.1 Å². The van der Waals surface area contributed by atoms with Crippen molar-refractivity contribution in [2.75, 3.05) is 5.32 Å². The van der Waals surface area contributed by atoms with Gasteiger partial charge in [-0.25, -0.2) is 4.39 Å². The number of halogens is 3. The first-order valence-corrected chi connectivity index (χ1v) is 8.68. The zero-order chi connectivity index (χ0) is 15.1. The molecule has 0 saturated carbocycles. The van der Waals surface area contributed by atoms with Crippen LogP contribution in [0.3, 0.4) is 0 Å². The number of aryl methyl sites for hydroxylation is 1. The maximum Gasteiger partial charge on any atom is 0.224 e. The largest absolute Gasteiger partial charge is 0.326 e. The van der Waals surface area contributed by atoms with Crippen molar-refractivity contribution in [1.82, 2.24) is 0 Å². The molecule has 110 valence electrons. The van der Waals surface area contributed by atoms with Crippen molar-refractivity contribution < 1.29 is 9.18 Å². The molecule has 3 nitrogen and oxygen atoms in total. The summed E-state index contributed by atoms with van der Waals surface area (Å²) in [6.45, 7) is 0. The quantitative estimate of drug-likeness (QED) is 0.739. The molecule has 1 aromatic carbocycles. The van der Waals surface area contributed by atoms with Crippen molar-refractivity contribution in [3.8, 4) is 0 Å². The summed E-state index contributed by atoms with van der Waals surface area (Å²) in [5, 5.41) is 2.69. The van der Waals surface area contributed by atoms with E-state index in [9.17, 15) is 9.18 Å². The number of hydrogen-bond donors (Lipinski definition) is 2. The van der Waals surface area contributed by atoms with Crippen LogP contribution in [0.25, 0.3) is 0 Å². The van der Waals surface area contributed by atoms with Crippen LogP contribution in [0, 0.1) is 5.82 Å². The maximum absolute atomic E-state index is 14.3. The Balaban J connectivity index is 2.03. The number of carbonyl (C=O) groups is 1. The van der Waals surface area contributed by atoms with Crippen LogP contribution in [0.1, 0.15) is 29.2 Å². The summed E-state index contributed by atoms with van der Waals surface area (Å²) < 4.78 is 16.1. The van der Waals surface area contributed by atoms with Gasteiger partial charge in [-0.15, -0.1) is 11.3 Å². The van der Waals surface area contributed by atoms with E-state index < -0.39 is 11.9 Å². The van der Waals surface area contributed by atoms with Crippen molar-refractivity contribution in [3.63, 3.8) is 0 Å². The third-order valence-corrected chi connectivity index (χ3v) is 5.86. The molecule has 0 fully saturated rings. The van der Waals surface area contributed by atoms with E-state index in [2.05, 4.69) is 37.2 Å². The van der Waals surface area contributed by atoms with Gasteiger partial charge < -0.3 is 11.1 Å². The Hall–Kier alpha value is -0.760. The lowest BCUT2D eigenvalue weighted by atomic mass is 9.95. The van der Waals surface area contributed by atoms with Gasteiger partial charge in [0.15, 0.2) is 0 Å². The number of rotatable bonds is 2. The first kappa shape index (κ1) is 15.1. The molecule has 0 aliphatic carbocycles. The van der Waals surface area contributed by atoms with Gasteiger partial charge in [0.2, 0.25) is 5.91 Å². The summed E-state index contributed by atoms with van der Waals surface area (Å²) in [5.41, 5.74) is 8.97. The third-order valence-electron chi connectivity index (χ3n) is 3.47. The van der Waals surface area contributed by atoms with Crippen molar-refractivity contribution in [1.29, 1.82) is 0 Å². The highest BCUT2D eigenvalue weighted by molar-refractivity contribution is 9.12. The molecule has 1 aromatic heterocycles. The number of amides is 1. The van der Waals surface area contributed by atoms with E-state index in [1.165, 1.54) is 17.4 Å². The lowest BCUT2D eigenvalue weighted by Gasteiger charge is -2.20. The predicted octanol–water partition coefficient (Wildman–Crippen LogP) is 4.35. The van der Waals surface area contributed by atoms with Gasteiger partial charge in [-0.1, -0.05) is 0 Å². The third kappa shape index (κ3) is 2.92. The van der Waals surface area contributed by atoms with E-state index in [-0.39, 0.29) is 5.91 Å². The summed E-state index contributed by atoms with van der Waals surface area (Å²) in [7, 11) is 0. The Bertz CT molecular complexity index is 732. The van der Waals surface area contributed by atoms with Crippen LogP contribution in [-0.2, 0) is 11.2 Å². The summed E-state index contributed by atoms with van der Waals surface area (Å²) in [6.07, 6.45) is 1.02. The minimum Gasteiger partial charge on any atom is -0.326 e. The number of benzene rings is 1. The maximum atomic E-state index is 14.3. The van der Waals surface area contributed by atoms with E-state index in [0.717, 1.165) is 18.7 Å². The number of anilines is 1. The lowest BCUT2D eigenvalue weighted by molar-refractivity contribution is -0.116. The highest BCUT2D eigenvalue weighted by Gasteiger charge is 2.23. The SMILES string of the molecule is NC(c1cc2c(cc1F)NC(=O)CC2)c1cc(Br)sc1Br.